The summed E-state index contributed by atoms with van der Waals surface area (Å²) >= 11 is 1.60. The normalized spacial score (nSPS) is 11.9. The molecule has 1 atom stereocenters. The molecule has 0 aliphatic rings. The second-order valence-corrected chi connectivity index (χ2v) is 3.61. The van der Waals surface area contributed by atoms with Crippen molar-refractivity contribution in [1.29, 1.82) is 0 Å². The molecule has 1 amide bonds. The van der Waals surface area contributed by atoms with Crippen molar-refractivity contribution in [2.75, 3.05) is 25.7 Å². The summed E-state index contributed by atoms with van der Waals surface area (Å²) in [5.41, 5.74) is 5.12. The Balaban J connectivity index is 4.09. The van der Waals surface area contributed by atoms with Crippen LogP contribution in [-0.2, 0) is 14.3 Å². The molecule has 0 aromatic rings. The minimum absolute atomic E-state index is 0.118. The Labute approximate surface area is 87.7 Å². The van der Waals surface area contributed by atoms with E-state index in [0.29, 0.717) is 6.42 Å². The lowest BCUT2D eigenvalue weighted by molar-refractivity contribution is -0.144. The molecule has 6 heteroatoms. The third kappa shape index (κ3) is 5.08. The Morgan fingerprint density at radius 1 is 1.57 bits per heavy atom. The first-order chi connectivity index (χ1) is 6.65. The molecule has 1 unspecified atom stereocenters. The minimum Gasteiger partial charge on any atom is -0.467 e. The van der Waals surface area contributed by atoms with Crippen molar-refractivity contribution in [3.05, 3.63) is 0 Å². The number of thioether (sulfide) groups is 1. The molecular formula is C8H16N2O3S. The lowest BCUT2D eigenvalue weighted by Gasteiger charge is -2.15. The zero-order chi connectivity index (χ0) is 11.0. The van der Waals surface area contributed by atoms with Crippen LogP contribution < -0.4 is 11.1 Å². The zero-order valence-electron chi connectivity index (χ0n) is 8.41. The maximum absolute atomic E-state index is 11.2. The number of nitrogens with one attached hydrogen (secondary N) is 1. The van der Waals surface area contributed by atoms with Crippen molar-refractivity contribution in [3.63, 3.8) is 0 Å². The molecule has 0 radical (unpaired) electrons. The van der Waals surface area contributed by atoms with Crippen molar-refractivity contribution in [2.45, 2.75) is 12.5 Å². The number of esters is 1. The predicted molar refractivity (Wildman–Crippen MR) is 56.0 cm³/mol. The van der Waals surface area contributed by atoms with E-state index >= 15 is 0 Å². The van der Waals surface area contributed by atoms with Crippen molar-refractivity contribution in [3.8, 4) is 0 Å². The number of carbonyl (C=O) groups excluding carboxylic acids is 2. The summed E-state index contributed by atoms with van der Waals surface area (Å²) in [5.74, 6) is 0.00676. The summed E-state index contributed by atoms with van der Waals surface area (Å²) in [4.78, 5) is 22.1. The largest absolute Gasteiger partial charge is 0.467 e. The summed E-state index contributed by atoms with van der Waals surface area (Å²) in [5, 5.41) is 2.50. The standard InChI is InChI=1S/C8H16N2O3S/c1-13-8(12)6(3-4-14-2)10-7(11)5-9/h6H,3-5,9H2,1-2H3,(H,10,11). The lowest BCUT2D eigenvalue weighted by atomic mass is 10.2. The number of methoxy groups -OCH3 is 1. The molecule has 0 rings (SSSR count). The first kappa shape index (κ1) is 13.2. The van der Waals surface area contributed by atoms with Crippen LogP contribution in [0.2, 0.25) is 0 Å². The molecule has 0 aromatic heterocycles. The van der Waals surface area contributed by atoms with Crippen LogP contribution in [0, 0.1) is 0 Å². The predicted octanol–water partition coefficient (Wildman–Crippen LogP) is -0.644. The smallest absolute Gasteiger partial charge is 0.328 e. The van der Waals surface area contributed by atoms with Crippen LogP contribution in [0.4, 0.5) is 0 Å². The third-order valence-corrected chi connectivity index (χ3v) is 2.26. The van der Waals surface area contributed by atoms with Gasteiger partial charge in [0.1, 0.15) is 6.04 Å². The molecule has 14 heavy (non-hydrogen) atoms. The molecule has 0 bridgehead atoms. The van der Waals surface area contributed by atoms with Crippen LogP contribution in [-0.4, -0.2) is 43.6 Å². The zero-order valence-corrected chi connectivity index (χ0v) is 9.23. The van der Waals surface area contributed by atoms with Gasteiger partial charge in [-0.2, -0.15) is 11.8 Å². The van der Waals surface area contributed by atoms with Gasteiger partial charge in [0.25, 0.3) is 0 Å². The number of rotatable bonds is 6. The summed E-state index contributed by atoms with van der Waals surface area (Å²) in [6.07, 6.45) is 2.48. The molecule has 0 saturated carbocycles. The van der Waals surface area contributed by atoms with Crippen LogP contribution in [0.15, 0.2) is 0 Å². The molecule has 0 saturated heterocycles. The van der Waals surface area contributed by atoms with Gasteiger partial charge in [0.2, 0.25) is 5.91 Å². The third-order valence-electron chi connectivity index (χ3n) is 1.62. The fourth-order valence-corrected chi connectivity index (χ4v) is 1.35. The molecule has 0 aromatic carbocycles. The summed E-state index contributed by atoms with van der Waals surface area (Å²) in [6, 6.07) is -0.580. The van der Waals surface area contributed by atoms with Gasteiger partial charge in [-0.25, -0.2) is 4.79 Å². The highest BCUT2D eigenvalue weighted by molar-refractivity contribution is 7.98. The van der Waals surface area contributed by atoms with Crippen LogP contribution in [0.25, 0.3) is 0 Å². The van der Waals surface area contributed by atoms with E-state index in [-0.39, 0.29) is 12.5 Å². The SMILES string of the molecule is COC(=O)C(CCSC)NC(=O)CN. The van der Waals surface area contributed by atoms with Gasteiger partial charge in [0, 0.05) is 0 Å². The molecule has 5 nitrogen and oxygen atoms in total. The van der Waals surface area contributed by atoms with Crippen LogP contribution in [0.5, 0.6) is 0 Å². The Hall–Kier alpha value is -0.750. The Morgan fingerprint density at radius 2 is 2.21 bits per heavy atom. The minimum atomic E-state index is -0.580. The van der Waals surface area contributed by atoms with Crippen LogP contribution >= 0.6 is 11.8 Å². The van der Waals surface area contributed by atoms with Gasteiger partial charge in [0.15, 0.2) is 0 Å². The number of ether oxygens (including phenoxy) is 1. The Morgan fingerprint density at radius 3 is 2.64 bits per heavy atom. The summed E-state index contributed by atoms with van der Waals surface area (Å²) < 4.78 is 4.55. The highest BCUT2D eigenvalue weighted by atomic mass is 32.2. The van der Waals surface area contributed by atoms with Crippen LogP contribution in [0.1, 0.15) is 6.42 Å². The van der Waals surface area contributed by atoms with E-state index in [1.807, 2.05) is 6.26 Å². The van der Waals surface area contributed by atoms with Gasteiger partial charge in [-0.15, -0.1) is 0 Å². The van der Waals surface area contributed by atoms with Gasteiger partial charge in [-0.3, -0.25) is 4.79 Å². The van der Waals surface area contributed by atoms with E-state index in [1.54, 1.807) is 11.8 Å². The average molecular weight is 220 g/mol. The van der Waals surface area contributed by atoms with E-state index < -0.39 is 12.0 Å². The van der Waals surface area contributed by atoms with Gasteiger partial charge in [0.05, 0.1) is 13.7 Å². The quantitative estimate of drug-likeness (QED) is 0.582. The van der Waals surface area contributed by atoms with E-state index in [4.69, 9.17) is 5.73 Å². The van der Waals surface area contributed by atoms with Crippen molar-refractivity contribution >= 4 is 23.6 Å². The molecule has 0 spiro atoms. The van der Waals surface area contributed by atoms with Crippen molar-refractivity contribution in [2.24, 2.45) is 5.73 Å². The maximum Gasteiger partial charge on any atom is 0.328 e. The van der Waals surface area contributed by atoms with E-state index in [2.05, 4.69) is 10.1 Å². The number of amides is 1. The van der Waals surface area contributed by atoms with Gasteiger partial charge < -0.3 is 15.8 Å². The number of carbonyl (C=O) groups is 2. The highest BCUT2D eigenvalue weighted by Gasteiger charge is 2.19. The van der Waals surface area contributed by atoms with Gasteiger partial charge in [-0.1, -0.05) is 0 Å². The molecule has 82 valence electrons. The molecule has 0 heterocycles. The molecule has 3 N–H and O–H groups in total. The second-order valence-electron chi connectivity index (χ2n) is 2.63. The molecule has 0 aliphatic heterocycles. The van der Waals surface area contributed by atoms with Gasteiger partial charge >= 0.3 is 5.97 Å². The van der Waals surface area contributed by atoms with Crippen molar-refractivity contribution < 1.29 is 14.3 Å². The average Bonchev–Trinajstić information content (AvgIpc) is 2.22. The number of hydrogen-bond acceptors (Lipinski definition) is 5. The monoisotopic (exact) mass is 220 g/mol. The lowest BCUT2D eigenvalue weighted by Crippen LogP contribution is -2.44. The Kier molecular flexibility index (Phi) is 7.23. The molecular weight excluding hydrogens is 204 g/mol. The number of hydrogen-bond donors (Lipinski definition) is 2. The van der Waals surface area contributed by atoms with E-state index in [1.165, 1.54) is 7.11 Å². The maximum atomic E-state index is 11.2. The van der Waals surface area contributed by atoms with Gasteiger partial charge in [-0.05, 0) is 18.4 Å². The topological polar surface area (TPSA) is 81.4 Å². The second kappa shape index (κ2) is 7.64. The summed E-state index contributed by atoms with van der Waals surface area (Å²) in [6.45, 7) is -0.118. The highest BCUT2D eigenvalue weighted by Crippen LogP contribution is 2.02. The number of nitrogens with two attached hydrogens (primary N) is 1. The fourth-order valence-electron chi connectivity index (χ4n) is 0.880. The van der Waals surface area contributed by atoms with E-state index in [0.717, 1.165) is 5.75 Å². The fraction of sp³-hybridized carbons (Fsp3) is 0.750. The van der Waals surface area contributed by atoms with Crippen LogP contribution in [0.3, 0.4) is 0 Å². The summed E-state index contributed by atoms with van der Waals surface area (Å²) in [7, 11) is 1.29. The van der Waals surface area contributed by atoms with E-state index in [9.17, 15) is 9.59 Å². The molecule has 0 fully saturated rings. The first-order valence-electron chi connectivity index (χ1n) is 4.21. The first-order valence-corrected chi connectivity index (χ1v) is 5.61. The molecule has 0 aliphatic carbocycles. The Bertz CT molecular complexity index is 199. The van der Waals surface area contributed by atoms with Crippen molar-refractivity contribution in [1.82, 2.24) is 5.32 Å².